The summed E-state index contributed by atoms with van der Waals surface area (Å²) in [7, 11) is 0. The number of carboxylic acid groups (broad SMARTS) is 1. The number of carboxylic acids is 1. The Kier molecular flexibility index (Phi) is 11.6. The molecule has 10 nitrogen and oxygen atoms in total. The fourth-order valence-corrected chi connectivity index (χ4v) is 5.65. The summed E-state index contributed by atoms with van der Waals surface area (Å²) in [5, 5.41) is 23.8. The molecule has 1 saturated heterocycles. The Labute approximate surface area is 254 Å². The maximum atomic E-state index is 12.0. The minimum absolute atomic E-state index is 0.00128. The van der Waals surface area contributed by atoms with Crippen molar-refractivity contribution in [2.75, 3.05) is 18.9 Å². The van der Waals surface area contributed by atoms with Crippen molar-refractivity contribution in [1.29, 1.82) is 0 Å². The number of aliphatic hydroxyl groups excluding tert-OH is 1. The number of nitrogens with one attached hydrogen (secondary N) is 2. The van der Waals surface area contributed by atoms with E-state index in [0.29, 0.717) is 5.75 Å². The molecular weight excluding hydrogens is 572 g/mol. The summed E-state index contributed by atoms with van der Waals surface area (Å²) in [6.07, 6.45) is -1.10. The van der Waals surface area contributed by atoms with Gasteiger partial charge in [0.15, 0.2) is 6.29 Å². The molecule has 228 valence electrons. The summed E-state index contributed by atoms with van der Waals surface area (Å²) in [5.74, 6) is -0.838. The molecule has 4 rings (SSSR count). The highest BCUT2D eigenvalue weighted by Crippen LogP contribution is 2.43. The number of hydrogen-bond acceptors (Lipinski definition) is 8. The van der Waals surface area contributed by atoms with Crippen LogP contribution in [0.3, 0.4) is 0 Å². The first kappa shape index (κ1) is 32.0. The second-order valence-corrected chi connectivity index (χ2v) is 11.1. The van der Waals surface area contributed by atoms with Crippen LogP contribution in [0, 0.1) is 5.92 Å². The summed E-state index contributed by atoms with van der Waals surface area (Å²) < 4.78 is 17.8. The summed E-state index contributed by atoms with van der Waals surface area (Å²) in [5.41, 5.74) is 3.71. The van der Waals surface area contributed by atoms with E-state index in [-0.39, 0.29) is 50.0 Å². The molecule has 4 atom stereocenters. The number of aliphatic hydroxyl groups is 1. The van der Waals surface area contributed by atoms with Crippen molar-refractivity contribution < 1.29 is 38.8 Å². The lowest BCUT2D eigenvalue weighted by atomic mass is 9.91. The third-order valence-corrected chi connectivity index (χ3v) is 8.14. The van der Waals surface area contributed by atoms with Crippen molar-refractivity contribution in [2.24, 2.45) is 5.92 Å². The van der Waals surface area contributed by atoms with Gasteiger partial charge < -0.3 is 35.1 Å². The number of rotatable bonds is 12. The smallest absolute Gasteiger partial charge is 0.335 e. The number of aromatic carboxylic acids is 1. The fourth-order valence-electron chi connectivity index (χ4n) is 4.58. The molecule has 4 N–H and O–H groups in total. The van der Waals surface area contributed by atoms with Crippen LogP contribution in [0.1, 0.15) is 58.9 Å². The van der Waals surface area contributed by atoms with E-state index in [2.05, 4.69) is 17.6 Å². The highest BCUT2D eigenvalue weighted by atomic mass is 32.2. The zero-order valence-corrected chi connectivity index (χ0v) is 24.8. The van der Waals surface area contributed by atoms with Gasteiger partial charge in [-0.05, 0) is 47.9 Å². The van der Waals surface area contributed by atoms with Crippen molar-refractivity contribution in [2.45, 2.75) is 50.4 Å². The van der Waals surface area contributed by atoms with Gasteiger partial charge in [-0.25, -0.2) is 9.59 Å². The molecule has 3 aromatic carbocycles. The second-order valence-electron chi connectivity index (χ2n) is 10.0. The van der Waals surface area contributed by atoms with Crippen LogP contribution < -0.4 is 10.6 Å². The number of amides is 2. The molecule has 11 heteroatoms. The Hall–Kier alpha value is -3.90. The predicted octanol–water partition coefficient (Wildman–Crippen LogP) is 4.82. The van der Waals surface area contributed by atoms with Gasteiger partial charge in [-0.1, -0.05) is 55.5 Å². The average Bonchev–Trinajstić information content (AvgIpc) is 3.03. The lowest BCUT2D eigenvalue weighted by Crippen LogP contribution is -2.39. The van der Waals surface area contributed by atoms with Crippen molar-refractivity contribution in [1.82, 2.24) is 10.6 Å². The summed E-state index contributed by atoms with van der Waals surface area (Å²) in [4.78, 5) is 35.6. The SMILES string of the molecule is CCOC(=O)CNC(=O)NCc1ccc(C2OC(CSc3ccc(C(=O)O)cc3)C(C)C(c3ccc(CO)cc3)O2)cc1. The topological polar surface area (TPSA) is 143 Å². The lowest BCUT2D eigenvalue weighted by Gasteiger charge is -2.41. The van der Waals surface area contributed by atoms with E-state index in [9.17, 15) is 24.6 Å². The molecular formula is C32H36N2O8S. The van der Waals surface area contributed by atoms with E-state index in [1.54, 1.807) is 43.0 Å². The van der Waals surface area contributed by atoms with Gasteiger partial charge in [-0.15, -0.1) is 11.8 Å². The summed E-state index contributed by atoms with van der Waals surface area (Å²) >= 11 is 1.59. The highest BCUT2D eigenvalue weighted by molar-refractivity contribution is 7.99. The standard InChI is InChI=1S/C32H36N2O8S/c1-3-40-28(36)17-34-32(39)33-16-21-4-10-25(11-5-21)31-41-27(19-43-26-14-12-24(13-15-26)30(37)38)20(2)29(42-31)23-8-6-22(18-35)7-9-23/h4-15,20,27,29,31,35H,3,16-19H2,1-2H3,(H,37,38)(H2,33,34,39). The van der Waals surface area contributed by atoms with Crippen LogP contribution in [0.5, 0.6) is 0 Å². The zero-order valence-electron chi connectivity index (χ0n) is 24.0. The number of urea groups is 1. The van der Waals surface area contributed by atoms with Crippen LogP contribution in [0.4, 0.5) is 4.79 Å². The molecule has 1 heterocycles. The molecule has 0 aliphatic carbocycles. The molecule has 0 saturated carbocycles. The molecule has 0 spiro atoms. The highest BCUT2D eigenvalue weighted by Gasteiger charge is 2.38. The molecule has 0 radical (unpaired) electrons. The number of carbonyl (C=O) groups excluding carboxylic acids is 2. The molecule has 43 heavy (non-hydrogen) atoms. The minimum atomic E-state index is -0.963. The molecule has 3 aromatic rings. The first-order valence-corrected chi connectivity index (χ1v) is 15.0. The average molecular weight is 609 g/mol. The maximum Gasteiger partial charge on any atom is 0.335 e. The third kappa shape index (κ3) is 9.04. The van der Waals surface area contributed by atoms with Crippen molar-refractivity contribution in [3.05, 3.63) is 101 Å². The Bertz CT molecular complexity index is 1370. The maximum absolute atomic E-state index is 12.0. The largest absolute Gasteiger partial charge is 0.478 e. The van der Waals surface area contributed by atoms with E-state index in [1.807, 2.05) is 48.5 Å². The number of hydrogen-bond donors (Lipinski definition) is 4. The van der Waals surface area contributed by atoms with E-state index in [4.69, 9.17) is 14.2 Å². The number of esters is 1. The second kappa shape index (κ2) is 15.5. The number of carbonyl (C=O) groups is 3. The molecule has 1 fully saturated rings. The molecule has 1 aliphatic rings. The molecule has 2 amide bonds. The number of benzene rings is 3. The minimum Gasteiger partial charge on any atom is -0.478 e. The first-order valence-electron chi connectivity index (χ1n) is 14.0. The van der Waals surface area contributed by atoms with Gasteiger partial charge in [0.2, 0.25) is 0 Å². The Balaban J connectivity index is 1.44. The van der Waals surface area contributed by atoms with Gasteiger partial charge in [0.05, 0.1) is 31.0 Å². The zero-order chi connectivity index (χ0) is 30.8. The quantitative estimate of drug-likeness (QED) is 0.168. The molecule has 1 aliphatic heterocycles. The van der Waals surface area contributed by atoms with Gasteiger partial charge in [-0.3, -0.25) is 4.79 Å². The monoisotopic (exact) mass is 608 g/mol. The number of thioether (sulfide) groups is 1. The van der Waals surface area contributed by atoms with Crippen molar-refractivity contribution in [3.63, 3.8) is 0 Å². The predicted molar refractivity (Wildman–Crippen MR) is 160 cm³/mol. The Morgan fingerprint density at radius 3 is 2.16 bits per heavy atom. The Morgan fingerprint density at radius 1 is 0.884 bits per heavy atom. The van der Waals surface area contributed by atoms with Crippen LogP contribution >= 0.6 is 11.8 Å². The van der Waals surface area contributed by atoms with Crippen LogP contribution in [0.2, 0.25) is 0 Å². The van der Waals surface area contributed by atoms with Gasteiger partial charge in [-0.2, -0.15) is 0 Å². The number of ether oxygens (including phenoxy) is 3. The van der Waals surface area contributed by atoms with Gasteiger partial charge >= 0.3 is 18.0 Å². The third-order valence-electron chi connectivity index (χ3n) is 7.04. The fraction of sp³-hybridized carbons (Fsp3) is 0.344. The van der Waals surface area contributed by atoms with Gasteiger partial charge in [0.1, 0.15) is 6.54 Å². The summed E-state index contributed by atoms with van der Waals surface area (Å²) in [6, 6.07) is 21.5. The first-order chi connectivity index (χ1) is 20.8. The summed E-state index contributed by atoms with van der Waals surface area (Å²) in [6.45, 7) is 4.05. The van der Waals surface area contributed by atoms with Gasteiger partial charge in [0.25, 0.3) is 0 Å². The molecule has 0 bridgehead atoms. The van der Waals surface area contributed by atoms with E-state index >= 15 is 0 Å². The van der Waals surface area contributed by atoms with Gasteiger partial charge in [0, 0.05) is 28.7 Å². The molecule has 4 unspecified atom stereocenters. The molecule has 0 aromatic heterocycles. The van der Waals surface area contributed by atoms with E-state index < -0.39 is 24.3 Å². The van der Waals surface area contributed by atoms with Crippen LogP contribution in [-0.2, 0) is 32.2 Å². The van der Waals surface area contributed by atoms with Crippen molar-refractivity contribution >= 4 is 29.7 Å². The normalized spacial score (nSPS) is 19.8. The van der Waals surface area contributed by atoms with Crippen molar-refractivity contribution in [3.8, 4) is 0 Å². The van der Waals surface area contributed by atoms with Crippen LogP contribution in [-0.4, -0.2) is 53.2 Å². The van der Waals surface area contributed by atoms with Crippen LogP contribution in [0.25, 0.3) is 0 Å². The van der Waals surface area contributed by atoms with E-state index in [1.165, 1.54) is 0 Å². The Morgan fingerprint density at radius 2 is 1.53 bits per heavy atom. The lowest BCUT2D eigenvalue weighted by molar-refractivity contribution is -0.268. The van der Waals surface area contributed by atoms with Crippen LogP contribution in [0.15, 0.2) is 77.7 Å². The van der Waals surface area contributed by atoms with E-state index in [0.717, 1.165) is 27.1 Å².